The van der Waals surface area contributed by atoms with E-state index in [9.17, 15) is 5.11 Å². The SMILES string of the molecule is CCOC1(c2noc([C@@H]3CC(O)CN3)n2)CCCCCC1. The van der Waals surface area contributed by atoms with E-state index in [4.69, 9.17) is 9.26 Å². The van der Waals surface area contributed by atoms with Gasteiger partial charge in [0.1, 0.15) is 5.60 Å². The molecule has 2 fully saturated rings. The van der Waals surface area contributed by atoms with Crippen molar-refractivity contribution in [2.45, 2.75) is 69.6 Å². The highest BCUT2D eigenvalue weighted by molar-refractivity contribution is 5.06. The van der Waals surface area contributed by atoms with E-state index in [2.05, 4.69) is 15.5 Å². The topological polar surface area (TPSA) is 80.4 Å². The maximum Gasteiger partial charge on any atom is 0.243 e. The first-order chi connectivity index (χ1) is 10.2. The van der Waals surface area contributed by atoms with Crippen LogP contribution in [0.25, 0.3) is 0 Å². The summed E-state index contributed by atoms with van der Waals surface area (Å²) in [5.74, 6) is 1.26. The molecule has 1 aromatic heterocycles. The fourth-order valence-corrected chi connectivity index (χ4v) is 3.48. The maximum atomic E-state index is 9.61. The first kappa shape index (κ1) is 14.9. The van der Waals surface area contributed by atoms with Crippen molar-refractivity contribution in [3.63, 3.8) is 0 Å². The van der Waals surface area contributed by atoms with E-state index in [0.717, 1.165) is 25.7 Å². The lowest BCUT2D eigenvalue weighted by Gasteiger charge is -2.29. The van der Waals surface area contributed by atoms with Crippen LogP contribution in [0.3, 0.4) is 0 Å². The van der Waals surface area contributed by atoms with Gasteiger partial charge in [-0.05, 0) is 26.2 Å². The van der Waals surface area contributed by atoms with E-state index in [-0.39, 0.29) is 17.7 Å². The van der Waals surface area contributed by atoms with Gasteiger partial charge in [0.05, 0.1) is 12.1 Å². The summed E-state index contributed by atoms with van der Waals surface area (Å²) in [4.78, 5) is 4.61. The van der Waals surface area contributed by atoms with Crippen molar-refractivity contribution < 1.29 is 14.4 Å². The van der Waals surface area contributed by atoms with E-state index in [0.29, 0.717) is 31.3 Å². The average Bonchev–Trinajstić information content (AvgIpc) is 3.06. The largest absolute Gasteiger partial charge is 0.392 e. The van der Waals surface area contributed by atoms with E-state index in [1.165, 1.54) is 12.8 Å². The van der Waals surface area contributed by atoms with Crippen LogP contribution in [0.5, 0.6) is 0 Å². The van der Waals surface area contributed by atoms with Crippen molar-refractivity contribution in [2.75, 3.05) is 13.2 Å². The zero-order chi connectivity index (χ0) is 14.7. The number of nitrogens with zero attached hydrogens (tertiary/aromatic N) is 2. The van der Waals surface area contributed by atoms with Crippen LogP contribution in [0.4, 0.5) is 0 Å². The lowest BCUT2D eigenvalue weighted by atomic mass is 9.93. The first-order valence-corrected chi connectivity index (χ1v) is 8.13. The van der Waals surface area contributed by atoms with Crippen LogP contribution in [0.15, 0.2) is 4.52 Å². The molecule has 1 aliphatic carbocycles. The lowest BCUT2D eigenvalue weighted by molar-refractivity contribution is -0.0636. The summed E-state index contributed by atoms with van der Waals surface area (Å²) in [5.41, 5.74) is -0.385. The molecule has 6 heteroatoms. The number of aromatic nitrogens is 2. The van der Waals surface area contributed by atoms with Crippen molar-refractivity contribution in [2.24, 2.45) is 0 Å². The molecule has 21 heavy (non-hydrogen) atoms. The molecular formula is C15H25N3O3. The molecule has 0 radical (unpaired) electrons. The van der Waals surface area contributed by atoms with Gasteiger partial charge in [-0.3, -0.25) is 0 Å². The van der Waals surface area contributed by atoms with Gasteiger partial charge in [-0.25, -0.2) is 0 Å². The molecule has 6 nitrogen and oxygen atoms in total. The van der Waals surface area contributed by atoms with Gasteiger partial charge in [0, 0.05) is 13.2 Å². The van der Waals surface area contributed by atoms with Crippen LogP contribution in [0, 0.1) is 0 Å². The minimum absolute atomic E-state index is 0.0364. The summed E-state index contributed by atoms with van der Waals surface area (Å²) in [6.07, 6.45) is 6.99. The lowest BCUT2D eigenvalue weighted by Crippen LogP contribution is -2.31. The second kappa shape index (κ2) is 6.42. The smallest absolute Gasteiger partial charge is 0.243 e. The zero-order valence-corrected chi connectivity index (χ0v) is 12.7. The molecule has 0 aromatic carbocycles. The monoisotopic (exact) mass is 295 g/mol. The number of hydrogen-bond acceptors (Lipinski definition) is 6. The van der Waals surface area contributed by atoms with Crippen molar-refractivity contribution in [1.29, 1.82) is 0 Å². The highest BCUT2D eigenvalue weighted by atomic mass is 16.5. The van der Waals surface area contributed by atoms with Crippen molar-refractivity contribution >= 4 is 0 Å². The summed E-state index contributed by atoms with van der Waals surface area (Å²) in [7, 11) is 0. The summed E-state index contributed by atoms with van der Waals surface area (Å²) < 4.78 is 11.5. The van der Waals surface area contributed by atoms with Crippen LogP contribution in [0.1, 0.15) is 69.6 Å². The predicted octanol–water partition coefficient (Wildman–Crippen LogP) is 2.05. The van der Waals surface area contributed by atoms with E-state index in [1.54, 1.807) is 0 Å². The standard InChI is InChI=1S/C15H25N3O3/c1-2-20-15(7-5-3-4-6-8-15)14-17-13(21-18-14)12-9-11(19)10-16-12/h11-12,16,19H,2-10H2,1H3/t11?,12-/m0/s1. The summed E-state index contributed by atoms with van der Waals surface area (Å²) in [6, 6.07) is -0.0364. The fourth-order valence-electron chi connectivity index (χ4n) is 3.48. The highest BCUT2D eigenvalue weighted by Crippen LogP contribution is 2.38. The Morgan fingerprint density at radius 3 is 2.71 bits per heavy atom. The Hall–Kier alpha value is -0.980. The molecule has 0 amide bonds. The Labute approximate surface area is 125 Å². The molecule has 1 saturated heterocycles. The predicted molar refractivity (Wildman–Crippen MR) is 76.7 cm³/mol. The van der Waals surface area contributed by atoms with Crippen LogP contribution in [-0.4, -0.2) is 34.5 Å². The molecule has 0 spiro atoms. The van der Waals surface area contributed by atoms with Crippen molar-refractivity contribution in [3.8, 4) is 0 Å². The Bertz CT molecular complexity index is 455. The molecule has 1 aliphatic heterocycles. The zero-order valence-electron chi connectivity index (χ0n) is 12.7. The van der Waals surface area contributed by atoms with E-state index in [1.807, 2.05) is 6.92 Å². The fraction of sp³-hybridized carbons (Fsp3) is 0.867. The Balaban J connectivity index is 1.81. The number of nitrogens with one attached hydrogen (secondary N) is 1. The third kappa shape index (κ3) is 3.12. The number of β-amino-alcohol motifs (C(OH)–C–C–N with tert-alkyl or cyclic N) is 1. The van der Waals surface area contributed by atoms with Gasteiger partial charge in [0.15, 0.2) is 0 Å². The third-order valence-corrected chi connectivity index (χ3v) is 4.59. The van der Waals surface area contributed by atoms with E-state index >= 15 is 0 Å². The van der Waals surface area contributed by atoms with Gasteiger partial charge < -0.3 is 19.7 Å². The van der Waals surface area contributed by atoms with Crippen molar-refractivity contribution in [3.05, 3.63) is 11.7 Å². The Morgan fingerprint density at radius 2 is 2.10 bits per heavy atom. The summed E-state index contributed by atoms with van der Waals surface area (Å²) >= 11 is 0. The molecule has 118 valence electrons. The normalized spacial score (nSPS) is 29.4. The van der Waals surface area contributed by atoms with Crippen LogP contribution < -0.4 is 5.32 Å². The van der Waals surface area contributed by atoms with Gasteiger partial charge in [-0.15, -0.1) is 0 Å². The van der Waals surface area contributed by atoms with Gasteiger partial charge >= 0.3 is 0 Å². The highest BCUT2D eigenvalue weighted by Gasteiger charge is 2.39. The molecule has 0 bridgehead atoms. The van der Waals surface area contributed by atoms with Crippen LogP contribution >= 0.6 is 0 Å². The molecule has 3 rings (SSSR count). The number of hydrogen-bond donors (Lipinski definition) is 2. The number of aliphatic hydroxyl groups is 1. The van der Waals surface area contributed by atoms with Gasteiger partial charge in [-0.1, -0.05) is 30.8 Å². The van der Waals surface area contributed by atoms with Crippen molar-refractivity contribution in [1.82, 2.24) is 15.5 Å². The molecular weight excluding hydrogens is 270 g/mol. The molecule has 2 N–H and O–H groups in total. The molecule has 1 unspecified atom stereocenters. The van der Waals surface area contributed by atoms with Gasteiger partial charge in [-0.2, -0.15) is 4.98 Å². The number of rotatable bonds is 4. The Morgan fingerprint density at radius 1 is 1.33 bits per heavy atom. The van der Waals surface area contributed by atoms with Gasteiger partial charge in [0.2, 0.25) is 11.7 Å². The second-order valence-corrected chi connectivity index (χ2v) is 6.15. The molecule has 2 atom stereocenters. The first-order valence-electron chi connectivity index (χ1n) is 8.13. The molecule has 1 saturated carbocycles. The average molecular weight is 295 g/mol. The number of aliphatic hydroxyl groups excluding tert-OH is 1. The summed E-state index contributed by atoms with van der Waals surface area (Å²) in [5, 5.41) is 17.0. The second-order valence-electron chi connectivity index (χ2n) is 6.15. The minimum atomic E-state index is -0.385. The van der Waals surface area contributed by atoms with Crippen LogP contribution in [0.2, 0.25) is 0 Å². The van der Waals surface area contributed by atoms with E-state index < -0.39 is 0 Å². The van der Waals surface area contributed by atoms with Gasteiger partial charge in [0.25, 0.3) is 0 Å². The summed E-state index contributed by atoms with van der Waals surface area (Å²) in [6.45, 7) is 3.26. The van der Waals surface area contributed by atoms with Crippen LogP contribution in [-0.2, 0) is 10.3 Å². The molecule has 1 aromatic rings. The molecule has 2 heterocycles. The Kier molecular flexibility index (Phi) is 4.57. The maximum absolute atomic E-state index is 9.61. The quantitative estimate of drug-likeness (QED) is 0.828. The third-order valence-electron chi connectivity index (χ3n) is 4.59. The molecule has 2 aliphatic rings. The minimum Gasteiger partial charge on any atom is -0.392 e. The number of ether oxygens (including phenoxy) is 1.